The lowest BCUT2D eigenvalue weighted by Crippen LogP contribution is -2.47. The van der Waals surface area contributed by atoms with Crippen LogP contribution in [0.4, 0.5) is 0 Å². The van der Waals surface area contributed by atoms with E-state index in [4.69, 9.17) is 10.5 Å². The Morgan fingerprint density at radius 3 is 2.82 bits per heavy atom. The predicted molar refractivity (Wildman–Crippen MR) is 41.7 cm³/mol. The standard InChI is InChI=1S/C7H16N2O2/c1-11-7(10)5-2-3-6(8)9-4-5/h5-7,9-10H,2-4,8H2,1H3. The van der Waals surface area contributed by atoms with Gasteiger partial charge in [0.2, 0.25) is 0 Å². The zero-order valence-electron chi connectivity index (χ0n) is 6.79. The molecule has 0 radical (unpaired) electrons. The summed E-state index contributed by atoms with van der Waals surface area (Å²) >= 11 is 0. The van der Waals surface area contributed by atoms with Gasteiger partial charge in [-0.15, -0.1) is 0 Å². The van der Waals surface area contributed by atoms with E-state index in [0.717, 1.165) is 19.4 Å². The van der Waals surface area contributed by atoms with Crippen LogP contribution in [0.3, 0.4) is 0 Å². The van der Waals surface area contributed by atoms with E-state index < -0.39 is 6.29 Å². The molecule has 0 spiro atoms. The van der Waals surface area contributed by atoms with Gasteiger partial charge >= 0.3 is 0 Å². The van der Waals surface area contributed by atoms with Crippen LogP contribution in [0.15, 0.2) is 0 Å². The first-order valence-corrected chi connectivity index (χ1v) is 3.94. The molecular weight excluding hydrogens is 144 g/mol. The third-order valence-electron chi connectivity index (χ3n) is 2.14. The molecule has 0 saturated carbocycles. The van der Waals surface area contributed by atoms with Gasteiger partial charge in [0, 0.05) is 19.6 Å². The summed E-state index contributed by atoms with van der Waals surface area (Å²) in [6.45, 7) is 0.746. The fraction of sp³-hybridized carbons (Fsp3) is 1.00. The number of rotatable bonds is 2. The van der Waals surface area contributed by atoms with E-state index >= 15 is 0 Å². The molecule has 0 aromatic rings. The van der Waals surface area contributed by atoms with Gasteiger partial charge in [0.15, 0.2) is 6.29 Å². The van der Waals surface area contributed by atoms with Crippen LogP contribution in [0.25, 0.3) is 0 Å². The highest BCUT2D eigenvalue weighted by molar-refractivity contribution is 4.75. The smallest absolute Gasteiger partial charge is 0.158 e. The van der Waals surface area contributed by atoms with Crippen LogP contribution < -0.4 is 11.1 Å². The van der Waals surface area contributed by atoms with Crippen molar-refractivity contribution in [1.29, 1.82) is 0 Å². The average molecular weight is 160 g/mol. The van der Waals surface area contributed by atoms with E-state index in [1.54, 1.807) is 0 Å². The summed E-state index contributed by atoms with van der Waals surface area (Å²) in [5.74, 6) is 0.194. The fourth-order valence-corrected chi connectivity index (χ4v) is 1.34. The van der Waals surface area contributed by atoms with Crippen molar-refractivity contribution in [2.45, 2.75) is 25.3 Å². The second kappa shape index (κ2) is 4.01. The Morgan fingerprint density at radius 1 is 1.64 bits per heavy atom. The van der Waals surface area contributed by atoms with Crippen molar-refractivity contribution in [3.05, 3.63) is 0 Å². The molecule has 3 unspecified atom stereocenters. The number of methoxy groups -OCH3 is 1. The average Bonchev–Trinajstić information content (AvgIpc) is 2.05. The van der Waals surface area contributed by atoms with Crippen LogP contribution in [0.1, 0.15) is 12.8 Å². The Morgan fingerprint density at radius 2 is 2.36 bits per heavy atom. The zero-order chi connectivity index (χ0) is 8.27. The molecule has 0 aliphatic carbocycles. The first kappa shape index (κ1) is 8.93. The number of nitrogens with one attached hydrogen (secondary N) is 1. The lowest BCUT2D eigenvalue weighted by molar-refractivity contribution is -0.118. The summed E-state index contributed by atoms with van der Waals surface area (Å²) in [4.78, 5) is 0. The number of hydrogen-bond acceptors (Lipinski definition) is 4. The van der Waals surface area contributed by atoms with Crippen molar-refractivity contribution in [1.82, 2.24) is 5.32 Å². The van der Waals surface area contributed by atoms with E-state index in [1.165, 1.54) is 7.11 Å². The van der Waals surface area contributed by atoms with Gasteiger partial charge in [0.25, 0.3) is 0 Å². The molecule has 0 bridgehead atoms. The Labute approximate surface area is 66.7 Å². The molecule has 4 nitrogen and oxygen atoms in total. The number of ether oxygens (including phenoxy) is 1. The predicted octanol–water partition coefficient (Wildman–Crippen LogP) is -0.764. The van der Waals surface area contributed by atoms with Gasteiger partial charge in [-0.25, -0.2) is 0 Å². The van der Waals surface area contributed by atoms with Gasteiger partial charge in [-0.1, -0.05) is 0 Å². The van der Waals surface area contributed by atoms with Crippen LogP contribution in [-0.2, 0) is 4.74 Å². The summed E-state index contributed by atoms with van der Waals surface area (Å²) < 4.78 is 4.80. The maximum atomic E-state index is 9.27. The molecule has 1 saturated heterocycles. The molecule has 66 valence electrons. The molecule has 1 heterocycles. The Balaban J connectivity index is 2.27. The monoisotopic (exact) mass is 160 g/mol. The van der Waals surface area contributed by atoms with Gasteiger partial charge in [-0.2, -0.15) is 0 Å². The Hall–Kier alpha value is -0.160. The lowest BCUT2D eigenvalue weighted by Gasteiger charge is -2.29. The van der Waals surface area contributed by atoms with Crippen molar-refractivity contribution in [3.63, 3.8) is 0 Å². The molecule has 11 heavy (non-hydrogen) atoms. The summed E-state index contributed by atoms with van der Waals surface area (Å²) in [7, 11) is 1.51. The summed E-state index contributed by atoms with van der Waals surface area (Å²) in [6.07, 6.45) is 1.29. The summed E-state index contributed by atoms with van der Waals surface area (Å²) in [6, 6.07) is 0. The minimum Gasteiger partial charge on any atom is -0.368 e. The molecule has 1 aliphatic heterocycles. The number of nitrogens with two attached hydrogens (primary N) is 1. The topological polar surface area (TPSA) is 67.5 Å². The number of aliphatic hydroxyl groups is 1. The number of aliphatic hydroxyl groups excluding tert-OH is 1. The van der Waals surface area contributed by atoms with Gasteiger partial charge < -0.3 is 20.9 Å². The van der Waals surface area contributed by atoms with E-state index in [1.807, 2.05) is 0 Å². The van der Waals surface area contributed by atoms with Crippen molar-refractivity contribution in [2.75, 3.05) is 13.7 Å². The lowest BCUT2D eigenvalue weighted by atomic mass is 9.97. The molecule has 1 aliphatic rings. The highest BCUT2D eigenvalue weighted by atomic mass is 16.6. The highest BCUT2D eigenvalue weighted by Gasteiger charge is 2.23. The van der Waals surface area contributed by atoms with Gasteiger partial charge in [-0.05, 0) is 12.8 Å². The quantitative estimate of drug-likeness (QED) is 0.464. The molecule has 4 heteroatoms. The molecular formula is C7H16N2O2. The van der Waals surface area contributed by atoms with Gasteiger partial charge in [-0.3, -0.25) is 0 Å². The van der Waals surface area contributed by atoms with Crippen LogP contribution in [0.5, 0.6) is 0 Å². The summed E-state index contributed by atoms with van der Waals surface area (Å²) in [5, 5.41) is 12.4. The van der Waals surface area contributed by atoms with Crippen molar-refractivity contribution < 1.29 is 9.84 Å². The molecule has 1 fully saturated rings. The van der Waals surface area contributed by atoms with Crippen LogP contribution in [-0.4, -0.2) is 31.2 Å². The molecule has 0 amide bonds. The normalized spacial score (nSPS) is 35.2. The highest BCUT2D eigenvalue weighted by Crippen LogP contribution is 2.16. The third kappa shape index (κ3) is 2.41. The second-order valence-electron chi connectivity index (χ2n) is 2.98. The van der Waals surface area contributed by atoms with E-state index in [0.29, 0.717) is 0 Å². The van der Waals surface area contributed by atoms with Crippen LogP contribution in [0.2, 0.25) is 0 Å². The third-order valence-corrected chi connectivity index (χ3v) is 2.14. The maximum absolute atomic E-state index is 9.27. The second-order valence-corrected chi connectivity index (χ2v) is 2.98. The molecule has 0 aromatic carbocycles. The SMILES string of the molecule is COC(O)C1CCC(N)NC1. The van der Waals surface area contributed by atoms with Crippen LogP contribution in [0, 0.1) is 5.92 Å². The van der Waals surface area contributed by atoms with E-state index in [9.17, 15) is 5.11 Å². The zero-order valence-corrected chi connectivity index (χ0v) is 6.79. The minimum atomic E-state index is -0.644. The first-order valence-electron chi connectivity index (χ1n) is 3.94. The van der Waals surface area contributed by atoms with Crippen LogP contribution >= 0.6 is 0 Å². The maximum Gasteiger partial charge on any atom is 0.158 e. The number of piperidine rings is 1. The molecule has 3 atom stereocenters. The van der Waals surface area contributed by atoms with Crippen molar-refractivity contribution in [2.24, 2.45) is 11.7 Å². The molecule has 0 aromatic heterocycles. The molecule has 4 N–H and O–H groups in total. The van der Waals surface area contributed by atoms with E-state index in [2.05, 4.69) is 5.32 Å². The van der Waals surface area contributed by atoms with Gasteiger partial charge in [0.05, 0.1) is 6.17 Å². The largest absolute Gasteiger partial charge is 0.368 e. The molecule has 1 rings (SSSR count). The minimum absolute atomic E-state index is 0.0929. The van der Waals surface area contributed by atoms with E-state index in [-0.39, 0.29) is 12.1 Å². The fourth-order valence-electron chi connectivity index (χ4n) is 1.34. The van der Waals surface area contributed by atoms with Crippen molar-refractivity contribution in [3.8, 4) is 0 Å². The Bertz CT molecular complexity index is 113. The Kier molecular flexibility index (Phi) is 3.26. The summed E-state index contributed by atoms with van der Waals surface area (Å²) in [5.41, 5.74) is 5.60. The van der Waals surface area contributed by atoms with Crippen molar-refractivity contribution >= 4 is 0 Å². The first-order chi connectivity index (χ1) is 5.24. The number of hydrogen-bond donors (Lipinski definition) is 3. The van der Waals surface area contributed by atoms with Gasteiger partial charge in [0.1, 0.15) is 0 Å².